The molecule has 188 valence electrons. The Morgan fingerprint density at radius 1 is 1.08 bits per heavy atom. The molecule has 1 aliphatic heterocycles. The van der Waals surface area contributed by atoms with E-state index in [-0.39, 0.29) is 17.4 Å². The average Bonchev–Trinajstić information content (AvgIpc) is 3.70. The number of aliphatic carboxylic acids is 1. The Labute approximate surface area is 211 Å². The number of aromatic nitrogens is 2. The van der Waals surface area contributed by atoms with Gasteiger partial charge in [0, 0.05) is 18.7 Å². The minimum Gasteiger partial charge on any atom is -0.481 e. The van der Waals surface area contributed by atoms with E-state index in [1.54, 1.807) is 25.1 Å². The van der Waals surface area contributed by atoms with E-state index in [9.17, 15) is 18.3 Å². The van der Waals surface area contributed by atoms with Crippen LogP contribution in [-0.4, -0.2) is 42.6 Å². The normalized spacial score (nSPS) is 20.2. The van der Waals surface area contributed by atoms with Crippen molar-refractivity contribution in [3.63, 3.8) is 0 Å². The van der Waals surface area contributed by atoms with Crippen molar-refractivity contribution in [3.8, 4) is 11.3 Å². The fourth-order valence-electron chi connectivity index (χ4n) is 4.83. The molecule has 8 nitrogen and oxygen atoms in total. The van der Waals surface area contributed by atoms with E-state index in [1.807, 2.05) is 42.2 Å². The van der Waals surface area contributed by atoms with Crippen LogP contribution in [0.5, 0.6) is 0 Å². The second-order valence-electron chi connectivity index (χ2n) is 10.1. The lowest BCUT2D eigenvalue weighted by Gasteiger charge is -2.38. The van der Waals surface area contributed by atoms with Crippen LogP contribution in [0.1, 0.15) is 49.7 Å². The molecular weight excluding hydrogens is 476 g/mol. The van der Waals surface area contributed by atoms with E-state index in [4.69, 9.17) is 4.98 Å². The number of carboxylic acid groups (broad SMARTS) is 1. The summed E-state index contributed by atoms with van der Waals surface area (Å²) in [6.07, 6.45) is 3.49. The number of carboxylic acids is 1. The zero-order chi connectivity index (χ0) is 25.5. The first kappa shape index (κ1) is 24.2. The van der Waals surface area contributed by atoms with E-state index in [1.165, 1.54) is 6.07 Å². The Kier molecular flexibility index (Phi) is 6.20. The molecule has 2 N–H and O–H groups in total. The maximum atomic E-state index is 13.3. The van der Waals surface area contributed by atoms with E-state index < -0.39 is 21.4 Å². The zero-order valence-electron chi connectivity index (χ0n) is 20.4. The number of hydrogen-bond donors (Lipinski definition) is 2. The summed E-state index contributed by atoms with van der Waals surface area (Å²) in [5.41, 5.74) is 3.12. The van der Waals surface area contributed by atoms with Crippen LogP contribution in [0.2, 0.25) is 0 Å². The van der Waals surface area contributed by atoms with Gasteiger partial charge in [0.15, 0.2) is 5.03 Å². The molecule has 1 saturated carbocycles. The molecule has 2 aromatic heterocycles. The summed E-state index contributed by atoms with van der Waals surface area (Å²) >= 11 is 0. The van der Waals surface area contributed by atoms with Crippen LogP contribution in [0.25, 0.3) is 11.3 Å². The molecule has 1 aliphatic carbocycles. The first-order valence-electron chi connectivity index (χ1n) is 12.2. The SMILES string of the molecule is Cc1ccccc1-c1nc(NS(=O)(=O)c2cccc(N3CCCC(C)(C(=O)O)C3)n2)ccc1C1CC1. The summed E-state index contributed by atoms with van der Waals surface area (Å²) in [6, 6.07) is 16.4. The Hall–Kier alpha value is -3.46. The van der Waals surface area contributed by atoms with Gasteiger partial charge in [0.2, 0.25) is 0 Å². The molecule has 3 aromatic rings. The van der Waals surface area contributed by atoms with E-state index in [2.05, 4.69) is 9.71 Å². The number of carbonyl (C=O) groups is 1. The molecule has 0 amide bonds. The van der Waals surface area contributed by atoms with Gasteiger partial charge in [0.1, 0.15) is 11.6 Å². The monoisotopic (exact) mass is 506 g/mol. The van der Waals surface area contributed by atoms with Crippen LogP contribution in [0.4, 0.5) is 11.6 Å². The number of pyridine rings is 2. The van der Waals surface area contributed by atoms with Crippen molar-refractivity contribution in [2.75, 3.05) is 22.7 Å². The maximum Gasteiger partial charge on any atom is 0.311 e. The maximum absolute atomic E-state index is 13.3. The number of benzene rings is 1. The molecule has 1 atom stereocenters. The third-order valence-electron chi connectivity index (χ3n) is 7.10. The van der Waals surface area contributed by atoms with Gasteiger partial charge < -0.3 is 10.0 Å². The lowest BCUT2D eigenvalue weighted by molar-refractivity contribution is -0.148. The van der Waals surface area contributed by atoms with Crippen molar-refractivity contribution < 1.29 is 18.3 Å². The molecule has 1 unspecified atom stereocenters. The number of nitrogens with one attached hydrogen (secondary N) is 1. The highest BCUT2D eigenvalue weighted by Gasteiger charge is 2.38. The lowest BCUT2D eigenvalue weighted by Crippen LogP contribution is -2.46. The molecule has 1 aromatic carbocycles. The predicted octanol–water partition coefficient (Wildman–Crippen LogP) is 4.82. The smallest absolute Gasteiger partial charge is 0.311 e. The molecule has 2 aliphatic rings. The standard InChI is InChI=1S/C27H30N4O4S/c1-18-7-3-4-8-20(18)25-21(19-11-12-19)13-14-22(28-25)30-36(34,35)24-10-5-9-23(29-24)31-16-6-15-27(2,17-31)26(32)33/h3-5,7-10,13-14,19H,6,11-12,15-17H2,1-2H3,(H,28,30)(H,32,33). The Bertz CT molecular complexity index is 1420. The van der Waals surface area contributed by atoms with Crippen LogP contribution >= 0.6 is 0 Å². The Balaban J connectivity index is 1.43. The molecule has 0 bridgehead atoms. The first-order valence-corrected chi connectivity index (χ1v) is 13.7. The summed E-state index contributed by atoms with van der Waals surface area (Å²) in [5, 5.41) is 9.50. The molecule has 5 rings (SSSR count). The van der Waals surface area contributed by atoms with Gasteiger partial charge in [-0.1, -0.05) is 36.4 Å². The van der Waals surface area contributed by atoms with Gasteiger partial charge in [0.25, 0.3) is 10.0 Å². The van der Waals surface area contributed by atoms with Gasteiger partial charge in [0.05, 0.1) is 11.1 Å². The highest BCUT2D eigenvalue weighted by Crippen LogP contribution is 2.44. The minimum atomic E-state index is -4.01. The van der Waals surface area contributed by atoms with Crippen molar-refractivity contribution in [1.82, 2.24) is 9.97 Å². The van der Waals surface area contributed by atoms with Gasteiger partial charge in [-0.3, -0.25) is 9.52 Å². The summed E-state index contributed by atoms with van der Waals surface area (Å²) in [6.45, 7) is 4.63. The van der Waals surface area contributed by atoms with Crippen LogP contribution < -0.4 is 9.62 Å². The first-order chi connectivity index (χ1) is 17.2. The lowest BCUT2D eigenvalue weighted by atomic mass is 9.82. The average molecular weight is 507 g/mol. The number of piperidine rings is 1. The highest BCUT2D eigenvalue weighted by atomic mass is 32.2. The fraction of sp³-hybridized carbons (Fsp3) is 0.370. The highest BCUT2D eigenvalue weighted by molar-refractivity contribution is 7.92. The molecule has 36 heavy (non-hydrogen) atoms. The van der Waals surface area contributed by atoms with E-state index >= 15 is 0 Å². The van der Waals surface area contributed by atoms with Crippen LogP contribution in [-0.2, 0) is 14.8 Å². The number of nitrogens with zero attached hydrogens (tertiary/aromatic N) is 3. The quantitative estimate of drug-likeness (QED) is 0.472. The van der Waals surface area contributed by atoms with E-state index in [0.29, 0.717) is 31.1 Å². The van der Waals surface area contributed by atoms with Gasteiger partial charge in [-0.15, -0.1) is 0 Å². The van der Waals surface area contributed by atoms with Crippen molar-refractivity contribution >= 4 is 27.6 Å². The van der Waals surface area contributed by atoms with Crippen molar-refractivity contribution in [1.29, 1.82) is 0 Å². The Morgan fingerprint density at radius 3 is 2.58 bits per heavy atom. The van der Waals surface area contributed by atoms with Crippen LogP contribution in [0.3, 0.4) is 0 Å². The molecular formula is C27H30N4O4S. The molecule has 3 heterocycles. The summed E-state index contributed by atoms with van der Waals surface area (Å²) in [7, 11) is -4.01. The molecule has 0 spiro atoms. The number of sulfonamides is 1. The number of hydrogen-bond acceptors (Lipinski definition) is 6. The third-order valence-corrected chi connectivity index (χ3v) is 8.36. The summed E-state index contributed by atoms with van der Waals surface area (Å²) in [5.74, 6) is 0.281. The minimum absolute atomic E-state index is 0.131. The van der Waals surface area contributed by atoms with Crippen molar-refractivity contribution in [2.45, 2.75) is 50.5 Å². The number of rotatable bonds is 7. The van der Waals surface area contributed by atoms with Gasteiger partial charge in [-0.2, -0.15) is 8.42 Å². The molecule has 1 saturated heterocycles. The second kappa shape index (κ2) is 9.20. The topological polar surface area (TPSA) is 112 Å². The zero-order valence-corrected chi connectivity index (χ0v) is 21.3. The number of anilines is 2. The second-order valence-corrected chi connectivity index (χ2v) is 11.7. The molecule has 0 radical (unpaired) electrons. The predicted molar refractivity (Wildman–Crippen MR) is 139 cm³/mol. The largest absolute Gasteiger partial charge is 0.481 e. The van der Waals surface area contributed by atoms with Gasteiger partial charge >= 0.3 is 5.97 Å². The van der Waals surface area contributed by atoms with Gasteiger partial charge in [-0.25, -0.2) is 9.97 Å². The van der Waals surface area contributed by atoms with Crippen LogP contribution in [0.15, 0.2) is 59.6 Å². The van der Waals surface area contributed by atoms with Gasteiger partial charge in [-0.05, 0) is 74.8 Å². The van der Waals surface area contributed by atoms with Crippen molar-refractivity contribution in [3.05, 3.63) is 65.7 Å². The number of aryl methyl sites for hydroxylation is 1. The van der Waals surface area contributed by atoms with Crippen LogP contribution in [0, 0.1) is 12.3 Å². The molecule has 9 heteroatoms. The van der Waals surface area contributed by atoms with E-state index in [0.717, 1.165) is 35.2 Å². The summed E-state index contributed by atoms with van der Waals surface area (Å²) in [4.78, 5) is 22.7. The van der Waals surface area contributed by atoms with Crippen molar-refractivity contribution in [2.24, 2.45) is 5.41 Å². The molecule has 2 fully saturated rings. The summed E-state index contributed by atoms with van der Waals surface area (Å²) < 4.78 is 29.2. The fourth-order valence-corrected chi connectivity index (χ4v) is 5.80. The Morgan fingerprint density at radius 2 is 1.86 bits per heavy atom. The third kappa shape index (κ3) is 4.80.